The maximum Gasteiger partial charge on any atom is 0.410 e. The van der Waals surface area contributed by atoms with Crippen LogP contribution < -0.4 is 0 Å². The maximum atomic E-state index is 12.3. The fraction of sp³-hybridized carbons (Fsp3) is 0.480. The monoisotopic (exact) mass is 437 g/mol. The molecule has 170 valence electrons. The second-order valence-corrected chi connectivity index (χ2v) is 9.45. The molecule has 3 aromatic rings. The number of carbonyl (C=O) groups is 1. The molecule has 1 fully saturated rings. The Morgan fingerprint density at radius 1 is 1.25 bits per heavy atom. The zero-order valence-electron chi connectivity index (χ0n) is 19.0. The van der Waals surface area contributed by atoms with E-state index in [-0.39, 0.29) is 12.7 Å². The summed E-state index contributed by atoms with van der Waals surface area (Å²) < 4.78 is 11.2. The third-order valence-electron chi connectivity index (χ3n) is 6.00. The van der Waals surface area contributed by atoms with Gasteiger partial charge in [-0.05, 0) is 70.1 Å². The Hall–Kier alpha value is -2.93. The third kappa shape index (κ3) is 4.93. The molecule has 7 nitrogen and oxygen atoms in total. The summed E-state index contributed by atoms with van der Waals surface area (Å²) >= 11 is 0. The molecule has 0 spiro atoms. The number of aliphatic hydroxyl groups excluding tert-OH is 1. The van der Waals surface area contributed by atoms with E-state index in [9.17, 15) is 9.90 Å². The molecule has 1 saturated heterocycles. The van der Waals surface area contributed by atoms with E-state index in [4.69, 9.17) is 9.26 Å². The number of piperidine rings is 1. The average molecular weight is 438 g/mol. The minimum absolute atomic E-state index is 0.126. The molecule has 3 heterocycles. The molecule has 1 amide bonds. The summed E-state index contributed by atoms with van der Waals surface area (Å²) in [7, 11) is 0. The molecule has 1 aromatic carbocycles. The number of amides is 1. The molecular formula is C25H31N3O4. The van der Waals surface area contributed by atoms with Crippen LogP contribution in [0.1, 0.15) is 51.3 Å². The van der Waals surface area contributed by atoms with Crippen molar-refractivity contribution in [3.05, 3.63) is 47.9 Å². The summed E-state index contributed by atoms with van der Waals surface area (Å²) in [5, 5.41) is 15.3. The summed E-state index contributed by atoms with van der Waals surface area (Å²) in [5.41, 5.74) is 3.68. The second-order valence-electron chi connectivity index (χ2n) is 9.45. The van der Waals surface area contributed by atoms with Crippen LogP contribution in [0.2, 0.25) is 0 Å². The first-order valence-electron chi connectivity index (χ1n) is 11.2. The number of hydrogen-bond acceptors (Lipinski definition) is 6. The Morgan fingerprint density at radius 3 is 2.69 bits per heavy atom. The van der Waals surface area contributed by atoms with Crippen LogP contribution in [-0.4, -0.2) is 44.9 Å². The number of benzene rings is 1. The van der Waals surface area contributed by atoms with E-state index < -0.39 is 5.60 Å². The first-order valence-corrected chi connectivity index (χ1v) is 11.2. The van der Waals surface area contributed by atoms with Gasteiger partial charge in [0.25, 0.3) is 0 Å². The Morgan fingerprint density at radius 2 is 2.03 bits per heavy atom. The van der Waals surface area contributed by atoms with Crippen LogP contribution in [0.5, 0.6) is 0 Å². The van der Waals surface area contributed by atoms with E-state index in [1.54, 1.807) is 17.3 Å². The van der Waals surface area contributed by atoms with Gasteiger partial charge < -0.3 is 19.3 Å². The zero-order chi connectivity index (χ0) is 22.7. The van der Waals surface area contributed by atoms with Crippen molar-refractivity contribution in [2.45, 2.75) is 58.7 Å². The molecule has 32 heavy (non-hydrogen) atoms. The SMILES string of the molecule is CC(C)(C)OC(=O)N1CCC(CCc2noc3c(CO)c(-c4cccnc4)ccc23)CC1. The number of rotatable bonds is 5. The quantitative estimate of drug-likeness (QED) is 0.607. The minimum Gasteiger partial charge on any atom is -0.444 e. The second kappa shape index (κ2) is 9.28. The fourth-order valence-electron chi connectivity index (χ4n) is 4.31. The van der Waals surface area contributed by atoms with Crippen LogP contribution in [0.4, 0.5) is 4.79 Å². The summed E-state index contributed by atoms with van der Waals surface area (Å²) in [5.74, 6) is 0.535. The summed E-state index contributed by atoms with van der Waals surface area (Å²) in [6.07, 6.45) is 7.00. The molecule has 0 aliphatic carbocycles. The van der Waals surface area contributed by atoms with Crippen molar-refractivity contribution in [1.29, 1.82) is 0 Å². The number of aromatic nitrogens is 2. The van der Waals surface area contributed by atoms with Crippen molar-refractivity contribution in [3.8, 4) is 11.1 Å². The highest BCUT2D eigenvalue weighted by Gasteiger charge is 2.27. The van der Waals surface area contributed by atoms with Crippen LogP contribution in [0.3, 0.4) is 0 Å². The van der Waals surface area contributed by atoms with Crippen LogP contribution in [-0.2, 0) is 17.8 Å². The van der Waals surface area contributed by atoms with Gasteiger partial charge in [-0.3, -0.25) is 4.98 Å². The van der Waals surface area contributed by atoms with E-state index >= 15 is 0 Å². The van der Waals surface area contributed by atoms with Gasteiger partial charge >= 0.3 is 6.09 Å². The van der Waals surface area contributed by atoms with Crippen molar-refractivity contribution >= 4 is 17.1 Å². The van der Waals surface area contributed by atoms with Gasteiger partial charge in [-0.2, -0.15) is 0 Å². The van der Waals surface area contributed by atoms with Crippen molar-refractivity contribution in [3.63, 3.8) is 0 Å². The smallest absolute Gasteiger partial charge is 0.410 e. The molecule has 2 aromatic heterocycles. The third-order valence-corrected chi connectivity index (χ3v) is 6.00. The van der Waals surface area contributed by atoms with Gasteiger partial charge in [-0.1, -0.05) is 17.3 Å². The Kier molecular flexibility index (Phi) is 6.46. The molecule has 0 unspecified atom stereocenters. The van der Waals surface area contributed by atoms with Crippen LogP contribution in [0.25, 0.3) is 22.1 Å². The lowest BCUT2D eigenvalue weighted by atomic mass is 9.91. The predicted molar refractivity (Wildman–Crippen MR) is 122 cm³/mol. The molecule has 7 heteroatoms. The highest BCUT2D eigenvalue weighted by molar-refractivity contribution is 5.89. The number of ether oxygens (including phenoxy) is 1. The van der Waals surface area contributed by atoms with E-state index in [0.29, 0.717) is 11.5 Å². The van der Waals surface area contributed by atoms with Gasteiger partial charge in [0.05, 0.1) is 12.3 Å². The highest BCUT2D eigenvalue weighted by atomic mass is 16.6. The van der Waals surface area contributed by atoms with Crippen molar-refractivity contribution in [2.75, 3.05) is 13.1 Å². The molecule has 0 radical (unpaired) electrons. The van der Waals surface area contributed by atoms with Gasteiger partial charge in [0.15, 0.2) is 5.58 Å². The predicted octanol–water partition coefficient (Wildman–Crippen LogP) is 4.96. The number of fused-ring (bicyclic) bond motifs is 1. The summed E-state index contributed by atoms with van der Waals surface area (Å²) in [4.78, 5) is 18.2. The molecule has 0 atom stereocenters. The maximum absolute atomic E-state index is 12.3. The van der Waals surface area contributed by atoms with Gasteiger partial charge in [-0.15, -0.1) is 0 Å². The van der Waals surface area contributed by atoms with E-state index in [0.717, 1.165) is 66.5 Å². The van der Waals surface area contributed by atoms with Crippen LogP contribution in [0, 0.1) is 5.92 Å². The minimum atomic E-state index is -0.466. The number of nitrogens with zero attached hydrogens (tertiary/aromatic N) is 3. The van der Waals surface area contributed by atoms with Crippen molar-refractivity contribution in [2.24, 2.45) is 5.92 Å². The number of likely N-dealkylation sites (tertiary alicyclic amines) is 1. The van der Waals surface area contributed by atoms with Gasteiger partial charge in [0, 0.05) is 42.0 Å². The molecular weight excluding hydrogens is 406 g/mol. The van der Waals surface area contributed by atoms with E-state index in [1.807, 2.05) is 45.0 Å². The molecule has 1 N–H and O–H groups in total. The van der Waals surface area contributed by atoms with Crippen LogP contribution in [0.15, 0.2) is 41.2 Å². The summed E-state index contributed by atoms with van der Waals surface area (Å²) in [6, 6.07) is 7.87. The van der Waals surface area contributed by atoms with Crippen molar-refractivity contribution < 1.29 is 19.2 Å². The molecule has 0 bridgehead atoms. The number of pyridine rings is 1. The number of carbonyl (C=O) groups excluding carboxylic acids is 1. The van der Waals surface area contributed by atoms with Crippen LogP contribution >= 0.6 is 0 Å². The fourth-order valence-corrected chi connectivity index (χ4v) is 4.31. The molecule has 4 rings (SSSR count). The van der Waals surface area contributed by atoms with E-state index in [2.05, 4.69) is 10.1 Å². The number of hydrogen-bond donors (Lipinski definition) is 1. The molecule has 1 aliphatic rings. The molecule has 1 aliphatic heterocycles. The average Bonchev–Trinajstić information content (AvgIpc) is 3.20. The topological polar surface area (TPSA) is 88.7 Å². The Balaban J connectivity index is 1.40. The highest BCUT2D eigenvalue weighted by Crippen LogP contribution is 2.33. The van der Waals surface area contributed by atoms with E-state index in [1.165, 1.54) is 0 Å². The van der Waals surface area contributed by atoms with Crippen molar-refractivity contribution in [1.82, 2.24) is 15.0 Å². The van der Waals surface area contributed by atoms with Gasteiger partial charge in [0.2, 0.25) is 0 Å². The lowest BCUT2D eigenvalue weighted by molar-refractivity contribution is 0.0181. The normalized spacial score (nSPS) is 15.3. The van der Waals surface area contributed by atoms with Gasteiger partial charge in [-0.25, -0.2) is 4.79 Å². The van der Waals surface area contributed by atoms with Gasteiger partial charge in [0.1, 0.15) is 5.60 Å². The zero-order valence-corrected chi connectivity index (χ0v) is 19.0. The first kappa shape index (κ1) is 22.3. The lowest BCUT2D eigenvalue weighted by Crippen LogP contribution is -2.41. The number of aliphatic hydroxyl groups is 1. The number of aryl methyl sites for hydroxylation is 1. The Labute approximate surface area is 188 Å². The summed E-state index contributed by atoms with van der Waals surface area (Å²) in [6.45, 7) is 7.00. The standard InChI is InChI=1S/C25H31N3O4/c1-25(2,3)31-24(30)28-13-10-17(11-14-28)6-9-22-20-8-7-19(18-5-4-12-26-15-18)21(16-29)23(20)32-27-22/h4-5,7-8,12,15,17,29H,6,9-11,13-14,16H2,1-3H3. The Bertz CT molecular complexity index is 1060. The first-order chi connectivity index (χ1) is 15.4. The largest absolute Gasteiger partial charge is 0.444 e. The molecule has 0 saturated carbocycles. The lowest BCUT2D eigenvalue weighted by Gasteiger charge is -2.33.